The molecule has 0 radical (unpaired) electrons. The van der Waals surface area contributed by atoms with E-state index in [1.54, 1.807) is 0 Å². The number of nitrogens with one attached hydrogen (secondary N) is 1. The molecule has 1 saturated carbocycles. The number of carboxylic acid groups (broad SMARTS) is 1. The van der Waals surface area contributed by atoms with E-state index in [0.717, 1.165) is 38.2 Å². The van der Waals surface area contributed by atoms with Crippen molar-refractivity contribution in [2.24, 2.45) is 5.41 Å². The Bertz CT molecular complexity index is 601. The van der Waals surface area contributed by atoms with Gasteiger partial charge in [0.1, 0.15) is 11.6 Å². The van der Waals surface area contributed by atoms with Crippen molar-refractivity contribution in [1.29, 1.82) is 0 Å². The molecular formula is C17H21F2NO2. The fraction of sp³-hybridized carbons (Fsp3) is 0.588. The largest absolute Gasteiger partial charge is 0.481 e. The summed E-state index contributed by atoms with van der Waals surface area (Å²) in [6, 6.07) is 2.13. The molecule has 1 aromatic rings. The van der Waals surface area contributed by atoms with E-state index in [2.05, 4.69) is 5.32 Å². The van der Waals surface area contributed by atoms with Crippen molar-refractivity contribution >= 4 is 11.7 Å². The molecule has 0 spiro atoms. The molecule has 1 fully saturated rings. The van der Waals surface area contributed by atoms with Crippen LogP contribution in [0.3, 0.4) is 0 Å². The van der Waals surface area contributed by atoms with Gasteiger partial charge in [0.15, 0.2) is 0 Å². The summed E-state index contributed by atoms with van der Waals surface area (Å²) in [7, 11) is 0. The van der Waals surface area contributed by atoms with Gasteiger partial charge >= 0.3 is 5.97 Å². The molecule has 120 valence electrons. The second-order valence-corrected chi connectivity index (χ2v) is 6.65. The van der Waals surface area contributed by atoms with Crippen LogP contribution in [-0.2, 0) is 4.79 Å². The Labute approximate surface area is 128 Å². The molecule has 1 heterocycles. The van der Waals surface area contributed by atoms with Crippen LogP contribution in [0.25, 0.3) is 0 Å². The lowest BCUT2D eigenvalue weighted by Crippen LogP contribution is -2.46. The van der Waals surface area contributed by atoms with Crippen molar-refractivity contribution in [1.82, 2.24) is 0 Å². The quantitative estimate of drug-likeness (QED) is 0.872. The minimum atomic E-state index is -0.821. The van der Waals surface area contributed by atoms with E-state index in [-0.39, 0.29) is 23.8 Å². The predicted molar refractivity (Wildman–Crippen MR) is 80.0 cm³/mol. The van der Waals surface area contributed by atoms with Crippen LogP contribution >= 0.6 is 0 Å². The first-order valence-corrected chi connectivity index (χ1v) is 7.94. The van der Waals surface area contributed by atoms with Crippen molar-refractivity contribution in [3.8, 4) is 0 Å². The molecule has 0 aromatic heterocycles. The van der Waals surface area contributed by atoms with Gasteiger partial charge in [0, 0.05) is 34.7 Å². The first-order chi connectivity index (χ1) is 10.5. The van der Waals surface area contributed by atoms with Crippen LogP contribution in [0.5, 0.6) is 0 Å². The molecule has 2 aliphatic rings. The van der Waals surface area contributed by atoms with E-state index in [9.17, 15) is 18.7 Å². The molecule has 3 unspecified atom stereocenters. The molecule has 2 N–H and O–H groups in total. The van der Waals surface area contributed by atoms with Crippen LogP contribution in [0.4, 0.5) is 14.5 Å². The van der Waals surface area contributed by atoms with E-state index in [1.807, 2.05) is 6.92 Å². The molecule has 22 heavy (non-hydrogen) atoms. The Morgan fingerprint density at radius 2 is 2.23 bits per heavy atom. The smallest absolute Gasteiger partial charge is 0.303 e. The Balaban J connectivity index is 2.02. The van der Waals surface area contributed by atoms with Gasteiger partial charge in [0.05, 0.1) is 6.42 Å². The monoisotopic (exact) mass is 309 g/mol. The molecule has 0 bridgehead atoms. The highest BCUT2D eigenvalue weighted by Crippen LogP contribution is 2.55. The van der Waals surface area contributed by atoms with Crippen LogP contribution in [0, 0.1) is 17.0 Å². The molecule has 0 amide bonds. The molecule has 5 heteroatoms. The number of fused-ring (bicyclic) bond motifs is 3. The molecular weight excluding hydrogens is 288 g/mol. The normalized spacial score (nSPS) is 29.6. The number of benzene rings is 1. The lowest BCUT2D eigenvalue weighted by Gasteiger charge is -2.45. The third-order valence-electron chi connectivity index (χ3n) is 5.28. The van der Waals surface area contributed by atoms with Gasteiger partial charge in [-0.25, -0.2) is 8.78 Å². The highest BCUT2D eigenvalue weighted by atomic mass is 19.1. The lowest BCUT2D eigenvalue weighted by atomic mass is 9.62. The Hall–Kier alpha value is -1.65. The average Bonchev–Trinajstić information content (AvgIpc) is 2.78. The van der Waals surface area contributed by atoms with E-state index < -0.39 is 17.6 Å². The van der Waals surface area contributed by atoms with Gasteiger partial charge in [0.2, 0.25) is 0 Å². The summed E-state index contributed by atoms with van der Waals surface area (Å²) in [5, 5.41) is 12.6. The summed E-state index contributed by atoms with van der Waals surface area (Å²) in [4.78, 5) is 11.4. The van der Waals surface area contributed by atoms with Gasteiger partial charge in [-0.05, 0) is 25.3 Å². The Kier molecular flexibility index (Phi) is 3.83. The summed E-state index contributed by atoms with van der Waals surface area (Å²) in [5.41, 5.74) is 0.656. The SMILES string of the molecule is CCCC1(CC(=O)O)CCCC2c3c(F)cc(F)cc3NC21. The zero-order valence-electron chi connectivity index (χ0n) is 12.7. The number of hydrogen-bond donors (Lipinski definition) is 2. The van der Waals surface area contributed by atoms with Gasteiger partial charge in [-0.3, -0.25) is 4.79 Å². The van der Waals surface area contributed by atoms with Crippen LogP contribution in [0.2, 0.25) is 0 Å². The first kappa shape index (κ1) is 15.3. The third kappa shape index (κ3) is 2.36. The number of rotatable bonds is 4. The summed E-state index contributed by atoms with van der Waals surface area (Å²) < 4.78 is 27.7. The highest BCUT2D eigenvalue weighted by Gasteiger charge is 2.50. The zero-order chi connectivity index (χ0) is 15.9. The Morgan fingerprint density at radius 1 is 1.45 bits per heavy atom. The van der Waals surface area contributed by atoms with Crippen LogP contribution in [-0.4, -0.2) is 17.1 Å². The number of carboxylic acids is 1. The topological polar surface area (TPSA) is 49.3 Å². The first-order valence-electron chi connectivity index (χ1n) is 7.94. The summed E-state index contributed by atoms with van der Waals surface area (Å²) in [6.45, 7) is 2.04. The van der Waals surface area contributed by atoms with Crippen molar-refractivity contribution in [2.75, 3.05) is 5.32 Å². The van der Waals surface area contributed by atoms with Crippen molar-refractivity contribution < 1.29 is 18.7 Å². The van der Waals surface area contributed by atoms with E-state index in [4.69, 9.17) is 0 Å². The van der Waals surface area contributed by atoms with Gasteiger partial charge in [0.25, 0.3) is 0 Å². The average molecular weight is 309 g/mol. The van der Waals surface area contributed by atoms with Gasteiger partial charge in [-0.15, -0.1) is 0 Å². The molecule has 1 aromatic carbocycles. The van der Waals surface area contributed by atoms with E-state index in [0.29, 0.717) is 11.3 Å². The number of anilines is 1. The predicted octanol–water partition coefficient (Wildman–Crippen LogP) is 4.29. The number of carbonyl (C=O) groups is 1. The number of hydrogen-bond acceptors (Lipinski definition) is 2. The summed E-state index contributed by atoms with van der Waals surface area (Å²) in [5.74, 6) is -1.99. The molecule has 3 nitrogen and oxygen atoms in total. The third-order valence-corrected chi connectivity index (χ3v) is 5.28. The van der Waals surface area contributed by atoms with Gasteiger partial charge in [-0.1, -0.05) is 19.8 Å². The molecule has 3 atom stereocenters. The second kappa shape index (κ2) is 5.52. The number of aliphatic carboxylic acids is 1. The minimum absolute atomic E-state index is 0.0600. The standard InChI is InChI=1S/C17H21F2NO2/c1-2-5-17(9-14(21)22)6-3-4-11-15-12(19)7-10(18)8-13(15)20-16(11)17/h7-8,11,16,20H,2-6,9H2,1H3,(H,21,22). The summed E-state index contributed by atoms with van der Waals surface area (Å²) >= 11 is 0. The van der Waals surface area contributed by atoms with E-state index in [1.165, 1.54) is 6.07 Å². The fourth-order valence-electron chi connectivity index (χ4n) is 4.60. The molecule has 1 aliphatic carbocycles. The maximum absolute atomic E-state index is 14.2. The van der Waals surface area contributed by atoms with Crippen molar-refractivity contribution in [2.45, 2.75) is 57.4 Å². The van der Waals surface area contributed by atoms with Crippen molar-refractivity contribution in [3.05, 3.63) is 29.3 Å². The van der Waals surface area contributed by atoms with Crippen LogP contribution in [0.15, 0.2) is 12.1 Å². The molecule has 0 saturated heterocycles. The van der Waals surface area contributed by atoms with Crippen molar-refractivity contribution in [3.63, 3.8) is 0 Å². The number of halogens is 2. The van der Waals surface area contributed by atoms with E-state index >= 15 is 0 Å². The second-order valence-electron chi connectivity index (χ2n) is 6.65. The molecule has 1 aliphatic heterocycles. The van der Waals surface area contributed by atoms with Crippen LogP contribution < -0.4 is 5.32 Å². The molecule has 3 rings (SSSR count). The Morgan fingerprint density at radius 3 is 2.91 bits per heavy atom. The highest BCUT2D eigenvalue weighted by molar-refractivity contribution is 5.69. The van der Waals surface area contributed by atoms with Gasteiger partial charge in [-0.2, -0.15) is 0 Å². The zero-order valence-corrected chi connectivity index (χ0v) is 12.7. The fourth-order valence-corrected chi connectivity index (χ4v) is 4.60. The van der Waals surface area contributed by atoms with Crippen LogP contribution in [0.1, 0.15) is 56.9 Å². The maximum atomic E-state index is 14.2. The minimum Gasteiger partial charge on any atom is -0.481 e. The summed E-state index contributed by atoms with van der Waals surface area (Å²) in [6.07, 6.45) is 4.26. The maximum Gasteiger partial charge on any atom is 0.303 e. The lowest BCUT2D eigenvalue weighted by molar-refractivity contribution is -0.140. The van der Waals surface area contributed by atoms with Gasteiger partial charge < -0.3 is 10.4 Å².